The van der Waals surface area contributed by atoms with Crippen LogP contribution in [-0.4, -0.2) is 60.5 Å². The molecule has 210 valence electrons. The Morgan fingerprint density at radius 3 is 2.41 bits per heavy atom. The summed E-state index contributed by atoms with van der Waals surface area (Å²) < 4.78 is 1.79. The van der Waals surface area contributed by atoms with E-state index in [1.54, 1.807) is 4.57 Å². The third kappa shape index (κ3) is 4.94. The summed E-state index contributed by atoms with van der Waals surface area (Å²) in [7, 11) is 3.91. The second kappa shape index (κ2) is 10.4. The van der Waals surface area contributed by atoms with E-state index < -0.39 is 11.7 Å². The number of carbonyl (C=O) groups is 2. The van der Waals surface area contributed by atoms with E-state index in [-0.39, 0.29) is 0 Å². The van der Waals surface area contributed by atoms with Crippen LogP contribution in [0.3, 0.4) is 0 Å². The van der Waals surface area contributed by atoms with Crippen molar-refractivity contribution in [1.82, 2.24) is 9.55 Å². The molecule has 0 bridgehead atoms. The molecule has 0 spiro atoms. The maximum Gasteiger partial charge on any atom is 0.298 e. The topological polar surface area (TPSA) is 73.7 Å². The first-order valence-corrected chi connectivity index (χ1v) is 14.1. The lowest BCUT2D eigenvalue weighted by molar-refractivity contribution is -0.112. The number of rotatable bonds is 5. The van der Waals surface area contributed by atoms with Gasteiger partial charge in [-0.1, -0.05) is 30.3 Å². The number of fused-ring (bicyclic) bond motifs is 3. The van der Waals surface area contributed by atoms with Gasteiger partial charge in [0.15, 0.2) is 0 Å². The van der Waals surface area contributed by atoms with Crippen LogP contribution in [0, 0.1) is 20.8 Å². The molecule has 2 aromatic carbocycles. The molecule has 0 radical (unpaired) electrons. The number of anilines is 4. The molecule has 4 aromatic rings. The quantitative estimate of drug-likeness (QED) is 0.280. The van der Waals surface area contributed by atoms with Crippen LogP contribution < -0.4 is 20.0 Å². The molecule has 0 saturated carbocycles. The van der Waals surface area contributed by atoms with Crippen molar-refractivity contribution in [3.8, 4) is 11.1 Å². The molecule has 2 aliphatic heterocycles. The number of nitrogens with zero attached hydrogens (tertiary/aromatic N) is 5. The molecule has 8 nitrogen and oxygen atoms in total. The Hall–Kier alpha value is -4.59. The van der Waals surface area contributed by atoms with E-state index in [0.717, 1.165) is 65.9 Å². The van der Waals surface area contributed by atoms with E-state index in [0.29, 0.717) is 17.4 Å². The van der Waals surface area contributed by atoms with Gasteiger partial charge in [-0.3, -0.25) is 9.59 Å². The highest BCUT2D eigenvalue weighted by atomic mass is 16.2. The monoisotopic (exact) mass is 548 g/mol. The van der Waals surface area contributed by atoms with Crippen molar-refractivity contribution in [2.45, 2.75) is 26.8 Å². The second-order valence-electron chi connectivity index (χ2n) is 11.3. The van der Waals surface area contributed by atoms with Crippen LogP contribution in [0.15, 0.2) is 66.7 Å². The van der Waals surface area contributed by atoms with Gasteiger partial charge in [0.05, 0.1) is 17.4 Å². The minimum Gasteiger partial charge on any atom is -0.371 e. The Balaban J connectivity index is 1.21. The van der Waals surface area contributed by atoms with Gasteiger partial charge in [0.2, 0.25) is 0 Å². The largest absolute Gasteiger partial charge is 0.371 e. The number of nitrogens with one attached hydrogen (secondary N) is 1. The van der Waals surface area contributed by atoms with Crippen molar-refractivity contribution in [3.05, 3.63) is 89.4 Å². The lowest BCUT2D eigenvalue weighted by atomic mass is 10.0. The number of benzene rings is 2. The summed E-state index contributed by atoms with van der Waals surface area (Å²) in [6, 6.07) is 22.2. The molecule has 41 heavy (non-hydrogen) atoms. The first-order valence-electron chi connectivity index (χ1n) is 14.1. The Morgan fingerprint density at radius 1 is 0.878 bits per heavy atom. The number of pyridine rings is 1. The number of likely N-dealkylation sites (N-methyl/N-ethyl adjacent to an activating group) is 1. The van der Waals surface area contributed by atoms with Crippen LogP contribution >= 0.6 is 0 Å². The number of ketones is 1. The highest BCUT2D eigenvalue weighted by Crippen LogP contribution is 2.38. The molecule has 1 fully saturated rings. The number of Topliss-reactive ketones (excluding diaryl/α,β-unsaturated/α-hetero) is 1. The molecule has 2 aromatic heterocycles. The van der Waals surface area contributed by atoms with E-state index in [4.69, 9.17) is 4.98 Å². The molecule has 8 heteroatoms. The average Bonchev–Trinajstić information content (AvgIpc) is 3.26. The van der Waals surface area contributed by atoms with E-state index in [9.17, 15) is 9.59 Å². The zero-order valence-electron chi connectivity index (χ0n) is 24.3. The number of amides is 1. The molecule has 1 N–H and O–H groups in total. The summed E-state index contributed by atoms with van der Waals surface area (Å²) in [4.78, 5) is 38.6. The third-order valence-electron chi connectivity index (χ3n) is 8.31. The van der Waals surface area contributed by atoms with Crippen molar-refractivity contribution in [2.75, 3.05) is 53.2 Å². The highest BCUT2D eigenvalue weighted by Gasteiger charge is 2.35. The van der Waals surface area contributed by atoms with E-state index >= 15 is 0 Å². The Morgan fingerprint density at radius 2 is 1.66 bits per heavy atom. The SMILES string of the molecule is Cc1cc(C)nc(N2CCN3c4ccc(NC(=O)C(=O)c5c(-c6ccccc6)cc(C)n5C)cc4N(C)CC3C2)c1. The van der Waals surface area contributed by atoms with Gasteiger partial charge in [0.1, 0.15) is 11.5 Å². The fraction of sp³-hybridized carbons (Fsp3) is 0.303. The molecular formula is C33H36N6O2. The van der Waals surface area contributed by atoms with Crippen LogP contribution in [0.25, 0.3) is 11.1 Å². The van der Waals surface area contributed by atoms with E-state index in [1.807, 2.05) is 69.4 Å². The molecule has 1 saturated heterocycles. The van der Waals surface area contributed by atoms with E-state index in [1.165, 1.54) is 5.56 Å². The van der Waals surface area contributed by atoms with Crippen LogP contribution in [0.4, 0.5) is 22.9 Å². The first kappa shape index (κ1) is 26.6. The van der Waals surface area contributed by atoms with Crippen LogP contribution in [0.1, 0.15) is 27.4 Å². The maximum absolute atomic E-state index is 13.4. The Kier molecular flexibility index (Phi) is 6.77. The molecule has 1 unspecified atom stereocenters. The van der Waals surface area contributed by atoms with Crippen molar-refractivity contribution < 1.29 is 9.59 Å². The predicted molar refractivity (Wildman–Crippen MR) is 165 cm³/mol. The van der Waals surface area contributed by atoms with Crippen molar-refractivity contribution in [2.24, 2.45) is 7.05 Å². The molecule has 0 aliphatic carbocycles. The first-order chi connectivity index (χ1) is 19.7. The maximum atomic E-state index is 13.4. The average molecular weight is 549 g/mol. The van der Waals surface area contributed by atoms with Gasteiger partial charge in [-0.2, -0.15) is 0 Å². The number of aromatic nitrogens is 2. The molecule has 6 rings (SSSR count). The molecule has 4 heterocycles. The van der Waals surface area contributed by atoms with Gasteiger partial charge in [-0.05, 0) is 68.3 Å². The van der Waals surface area contributed by atoms with Gasteiger partial charge < -0.3 is 24.6 Å². The van der Waals surface area contributed by atoms with Crippen molar-refractivity contribution in [1.29, 1.82) is 0 Å². The summed E-state index contributed by atoms with van der Waals surface area (Å²) >= 11 is 0. The lowest BCUT2D eigenvalue weighted by Gasteiger charge is -2.49. The molecule has 1 atom stereocenters. The van der Waals surface area contributed by atoms with Crippen LogP contribution in [0.5, 0.6) is 0 Å². The minimum atomic E-state index is -0.644. The number of carbonyl (C=O) groups excluding carboxylic acids is 2. The normalized spacial score (nSPS) is 16.3. The summed E-state index contributed by atoms with van der Waals surface area (Å²) in [6.45, 7) is 9.63. The van der Waals surface area contributed by atoms with Gasteiger partial charge in [0.25, 0.3) is 11.7 Å². The zero-order valence-corrected chi connectivity index (χ0v) is 24.3. The molecule has 1 amide bonds. The van der Waals surface area contributed by atoms with Gasteiger partial charge >= 0.3 is 0 Å². The highest BCUT2D eigenvalue weighted by molar-refractivity contribution is 6.47. The van der Waals surface area contributed by atoms with Gasteiger partial charge in [-0.25, -0.2) is 4.98 Å². The number of aryl methyl sites for hydroxylation is 3. The Bertz CT molecular complexity index is 1620. The summed E-state index contributed by atoms with van der Waals surface area (Å²) in [5.74, 6) is -0.155. The minimum absolute atomic E-state index is 0.322. The second-order valence-corrected chi connectivity index (χ2v) is 11.3. The van der Waals surface area contributed by atoms with Gasteiger partial charge in [0, 0.05) is 62.9 Å². The number of piperazine rings is 1. The fourth-order valence-corrected chi connectivity index (χ4v) is 6.22. The number of hydrogen-bond donors (Lipinski definition) is 1. The predicted octanol–water partition coefficient (Wildman–Crippen LogP) is 4.98. The fourth-order valence-electron chi connectivity index (χ4n) is 6.22. The van der Waals surface area contributed by atoms with Crippen molar-refractivity contribution >= 4 is 34.6 Å². The smallest absolute Gasteiger partial charge is 0.298 e. The summed E-state index contributed by atoms with van der Waals surface area (Å²) in [6.07, 6.45) is 0. The zero-order chi connectivity index (χ0) is 28.8. The van der Waals surface area contributed by atoms with Gasteiger partial charge in [-0.15, -0.1) is 0 Å². The van der Waals surface area contributed by atoms with Crippen LogP contribution in [-0.2, 0) is 11.8 Å². The van der Waals surface area contributed by atoms with Crippen molar-refractivity contribution in [3.63, 3.8) is 0 Å². The number of hydrogen-bond acceptors (Lipinski definition) is 6. The summed E-state index contributed by atoms with van der Waals surface area (Å²) in [5.41, 5.74) is 8.04. The standard InChI is InChI=1S/C33H36N6O2/c1-21-15-22(2)34-30(16-21)38-13-14-39-26(20-38)19-36(4)29-18-25(11-12-28(29)39)35-33(41)32(40)31-27(17-23(3)37(31)5)24-9-7-6-8-10-24/h6-12,15-18,26H,13-14,19-20H2,1-5H3,(H,35,41). The van der Waals surface area contributed by atoms with E-state index in [2.05, 4.69) is 52.2 Å². The molecular weight excluding hydrogens is 512 g/mol. The Labute approximate surface area is 241 Å². The summed E-state index contributed by atoms with van der Waals surface area (Å²) in [5, 5.41) is 2.87. The third-order valence-corrected chi connectivity index (χ3v) is 8.31. The lowest BCUT2D eigenvalue weighted by Crippen LogP contribution is -2.59. The molecule has 2 aliphatic rings. The van der Waals surface area contributed by atoms with Crippen LogP contribution in [0.2, 0.25) is 0 Å².